The second-order valence-electron chi connectivity index (χ2n) is 6.12. The highest BCUT2D eigenvalue weighted by molar-refractivity contribution is 5.84. The van der Waals surface area contributed by atoms with Crippen LogP contribution in [0.4, 0.5) is 18.9 Å². The summed E-state index contributed by atoms with van der Waals surface area (Å²) < 4.78 is 39.2. The zero-order chi connectivity index (χ0) is 19.9. The number of hydrogen-bond acceptors (Lipinski definition) is 8. The number of hydrogen-bond donors (Lipinski definition) is 1. The van der Waals surface area contributed by atoms with Crippen LogP contribution in [0.1, 0.15) is 17.7 Å². The van der Waals surface area contributed by atoms with Crippen molar-refractivity contribution in [2.75, 3.05) is 5.17 Å². The Kier molecular flexibility index (Phi) is 4.40. The van der Waals surface area contributed by atoms with Crippen LogP contribution in [0, 0.1) is 0 Å². The normalized spacial score (nSPS) is 19.0. The van der Waals surface area contributed by atoms with E-state index in [0.717, 1.165) is 10.7 Å². The van der Waals surface area contributed by atoms with Gasteiger partial charge >= 0.3 is 6.36 Å². The van der Waals surface area contributed by atoms with Gasteiger partial charge in [-0.05, 0) is 36.1 Å². The molecule has 28 heavy (non-hydrogen) atoms. The molecule has 1 N–H and O–H groups in total. The Labute approximate surface area is 156 Å². The monoisotopic (exact) mass is 392 g/mol. The first-order chi connectivity index (χ1) is 13.3. The van der Waals surface area contributed by atoms with E-state index in [4.69, 9.17) is 0 Å². The summed E-state index contributed by atoms with van der Waals surface area (Å²) in [6.07, 6.45) is -1.43. The smallest absolute Gasteiger partial charge is 0.545 e. The summed E-state index contributed by atoms with van der Waals surface area (Å²) in [5.41, 5.74) is 4.54. The average molecular weight is 392 g/mol. The molecule has 1 aliphatic heterocycles. The Bertz CT molecular complexity index is 935. The lowest BCUT2D eigenvalue weighted by molar-refractivity contribution is -0.353. The molecule has 0 saturated carbocycles. The van der Waals surface area contributed by atoms with Gasteiger partial charge in [0, 0.05) is 6.20 Å². The van der Waals surface area contributed by atoms with Crippen LogP contribution in [0.5, 0.6) is 0 Å². The quantitative estimate of drug-likeness (QED) is 0.769. The van der Waals surface area contributed by atoms with Gasteiger partial charge in [0.25, 0.3) is 0 Å². The number of aryl methyl sites for hydroxylation is 1. The maximum Gasteiger partial charge on any atom is 0.545 e. The molecule has 1 unspecified atom stereocenters. The number of alkyl halides is 3. The number of carboxylic acids is 1. The minimum absolute atomic E-state index is 0.0265. The van der Waals surface area contributed by atoms with Crippen LogP contribution >= 0.6 is 0 Å². The van der Waals surface area contributed by atoms with Gasteiger partial charge in [-0.15, -0.1) is 13.2 Å². The molecule has 1 aliphatic carbocycles. The van der Waals surface area contributed by atoms with Crippen LogP contribution in [0.3, 0.4) is 0 Å². The van der Waals surface area contributed by atoms with Crippen LogP contribution in [-0.4, -0.2) is 33.5 Å². The highest BCUT2D eigenvalue weighted by Gasteiger charge is 2.44. The van der Waals surface area contributed by atoms with Gasteiger partial charge in [-0.2, -0.15) is 10.0 Å². The Balaban J connectivity index is 1.77. The van der Waals surface area contributed by atoms with Gasteiger partial charge < -0.3 is 9.90 Å². The summed E-state index contributed by atoms with van der Waals surface area (Å²) >= 11 is 0. The molecular formula is C17H13F3N5O3-. The van der Waals surface area contributed by atoms with Gasteiger partial charge in [-0.25, -0.2) is 9.97 Å². The molecule has 0 spiro atoms. The number of aliphatic carboxylic acids is 1. The van der Waals surface area contributed by atoms with Crippen molar-refractivity contribution in [1.82, 2.24) is 20.5 Å². The lowest BCUT2D eigenvalue weighted by Gasteiger charge is -2.36. The number of carbonyl (C=O) groups excluding carboxylic acids is 1. The van der Waals surface area contributed by atoms with Gasteiger partial charge in [0.05, 0.1) is 23.0 Å². The third-order valence-electron chi connectivity index (χ3n) is 4.40. The van der Waals surface area contributed by atoms with E-state index < -0.39 is 18.4 Å². The SMILES string of the molecule is O=C([O-])C1C2=C(NN1N(OC(F)(F)F)c1ccccc1)c1ncncc1CC2. The number of carboxylic acid groups (broad SMARTS) is 1. The first-order valence-corrected chi connectivity index (χ1v) is 8.25. The van der Waals surface area contributed by atoms with Gasteiger partial charge in [-0.1, -0.05) is 23.3 Å². The lowest BCUT2D eigenvalue weighted by atomic mass is 9.91. The molecule has 0 bridgehead atoms. The molecule has 1 atom stereocenters. The van der Waals surface area contributed by atoms with E-state index >= 15 is 0 Å². The molecule has 2 aliphatic rings. The summed E-state index contributed by atoms with van der Waals surface area (Å²) in [5.74, 6) is -1.57. The van der Waals surface area contributed by atoms with Gasteiger partial charge in [0.2, 0.25) is 0 Å². The molecule has 8 nitrogen and oxygen atoms in total. The van der Waals surface area contributed by atoms with E-state index in [2.05, 4.69) is 20.2 Å². The minimum Gasteiger partial charge on any atom is -0.548 e. The summed E-state index contributed by atoms with van der Waals surface area (Å²) in [7, 11) is 0. The van der Waals surface area contributed by atoms with Crippen molar-refractivity contribution in [2.24, 2.45) is 0 Å². The fraction of sp³-hybridized carbons (Fsp3) is 0.235. The highest BCUT2D eigenvalue weighted by atomic mass is 19.4. The molecule has 0 saturated heterocycles. The molecule has 4 rings (SSSR count). The molecule has 11 heteroatoms. The highest BCUT2D eigenvalue weighted by Crippen LogP contribution is 2.38. The fourth-order valence-electron chi connectivity index (χ4n) is 3.30. The van der Waals surface area contributed by atoms with Gasteiger partial charge in [0.15, 0.2) is 0 Å². The van der Waals surface area contributed by atoms with E-state index in [1.807, 2.05) is 0 Å². The first-order valence-electron chi connectivity index (χ1n) is 8.25. The Hall–Kier alpha value is -3.18. The third kappa shape index (κ3) is 3.25. The number of fused-ring (bicyclic) bond motifs is 2. The predicted molar refractivity (Wildman–Crippen MR) is 87.1 cm³/mol. The largest absolute Gasteiger partial charge is 0.548 e. The van der Waals surface area contributed by atoms with Crippen LogP contribution < -0.4 is 15.7 Å². The molecule has 0 amide bonds. The van der Waals surface area contributed by atoms with Crippen LogP contribution in [0.25, 0.3) is 5.70 Å². The summed E-state index contributed by atoms with van der Waals surface area (Å²) in [5, 5.41) is 13.0. The second-order valence-corrected chi connectivity index (χ2v) is 6.12. The maximum atomic E-state index is 13.1. The Morgan fingerprint density at radius 3 is 2.71 bits per heavy atom. The van der Waals surface area contributed by atoms with E-state index in [1.54, 1.807) is 12.3 Å². The zero-order valence-corrected chi connectivity index (χ0v) is 14.2. The van der Waals surface area contributed by atoms with E-state index in [9.17, 15) is 23.1 Å². The van der Waals surface area contributed by atoms with Crippen molar-refractivity contribution in [1.29, 1.82) is 0 Å². The van der Waals surface area contributed by atoms with Crippen molar-refractivity contribution < 1.29 is 27.9 Å². The topological polar surface area (TPSA) is 93.7 Å². The van der Waals surface area contributed by atoms with Crippen LogP contribution in [0.2, 0.25) is 0 Å². The molecule has 1 aromatic carbocycles. The van der Waals surface area contributed by atoms with E-state index in [-0.39, 0.29) is 5.69 Å². The number of rotatable bonds is 4. The minimum atomic E-state index is -5.06. The Morgan fingerprint density at radius 2 is 2.04 bits per heavy atom. The molecule has 2 heterocycles. The molecule has 0 fully saturated rings. The van der Waals surface area contributed by atoms with Crippen LogP contribution in [-0.2, 0) is 16.1 Å². The van der Waals surface area contributed by atoms with Gasteiger partial charge in [0.1, 0.15) is 12.4 Å². The molecule has 2 aromatic rings. The number of aromatic nitrogens is 2. The number of carbonyl (C=O) groups is 1. The van der Waals surface area contributed by atoms with Crippen molar-refractivity contribution >= 4 is 17.4 Å². The standard InChI is InChI=1S/C17H14F3N5O3/c18-17(19,20)28-25(11-4-2-1-3-5-11)24-15(16(26)27)12-7-6-10-8-21-9-22-13(10)14(12)23-24/h1-5,8-9,15,23H,6-7H2,(H,26,27)/p-1. The van der Waals surface area contributed by atoms with E-state index in [0.29, 0.717) is 35.0 Å². The van der Waals surface area contributed by atoms with Crippen molar-refractivity contribution in [3.63, 3.8) is 0 Å². The summed E-state index contributed by atoms with van der Waals surface area (Å²) in [4.78, 5) is 24.1. The number of nitrogens with zero attached hydrogens (tertiary/aromatic N) is 4. The first kappa shape index (κ1) is 18.2. The van der Waals surface area contributed by atoms with E-state index in [1.165, 1.54) is 30.6 Å². The van der Waals surface area contributed by atoms with Crippen molar-refractivity contribution in [3.8, 4) is 0 Å². The lowest BCUT2D eigenvalue weighted by Crippen LogP contribution is -2.59. The number of benzene rings is 1. The van der Waals surface area contributed by atoms with Crippen LogP contribution in [0.15, 0.2) is 48.4 Å². The number of hydrazine groups is 2. The molecule has 1 aromatic heterocycles. The summed E-state index contributed by atoms with van der Waals surface area (Å²) in [6.45, 7) is 0. The number of nitrogens with one attached hydrogen (secondary N) is 1. The second kappa shape index (κ2) is 6.77. The molecule has 146 valence electrons. The molecule has 0 radical (unpaired) electrons. The maximum absolute atomic E-state index is 13.1. The van der Waals surface area contributed by atoms with Crippen molar-refractivity contribution in [2.45, 2.75) is 25.2 Å². The number of halogens is 3. The van der Waals surface area contributed by atoms with Gasteiger partial charge in [-0.3, -0.25) is 5.43 Å². The number of anilines is 1. The average Bonchev–Trinajstić information content (AvgIpc) is 3.06. The molecular weight excluding hydrogens is 379 g/mol. The fourth-order valence-corrected chi connectivity index (χ4v) is 3.30. The summed E-state index contributed by atoms with van der Waals surface area (Å²) in [6, 6.07) is 5.81. The third-order valence-corrected chi connectivity index (χ3v) is 4.40. The number of para-hydroxylation sites is 1. The predicted octanol–water partition coefficient (Wildman–Crippen LogP) is 0.946. The van der Waals surface area contributed by atoms with Crippen molar-refractivity contribution in [3.05, 3.63) is 59.7 Å². The zero-order valence-electron chi connectivity index (χ0n) is 14.2. The Morgan fingerprint density at radius 1 is 1.29 bits per heavy atom.